The molecule has 6 aliphatic rings. The number of anilines is 10. The fraction of sp³-hybridized carbons (Fsp3) is 0. The van der Waals surface area contributed by atoms with E-state index in [4.69, 9.17) is 0 Å². The van der Waals surface area contributed by atoms with Gasteiger partial charge in [0.15, 0.2) is 0 Å². The van der Waals surface area contributed by atoms with E-state index in [1.165, 1.54) is 117 Å². The van der Waals surface area contributed by atoms with Gasteiger partial charge in [0.05, 0.1) is 0 Å². The Kier molecular flexibility index (Phi) is 6.11. The van der Waals surface area contributed by atoms with Crippen molar-refractivity contribution >= 4 is 116 Å². The minimum absolute atomic E-state index is 0.0573. The number of rotatable bonds is 3. The number of hydrogen-bond acceptors (Lipinski definition) is 4. The molecule has 4 nitrogen and oxygen atoms in total. The smallest absolute Gasteiger partial charge is 0.333 e. The van der Waals surface area contributed by atoms with Crippen LogP contribution in [0.15, 0.2) is 200 Å². The van der Waals surface area contributed by atoms with Crippen molar-refractivity contribution in [1.29, 1.82) is 0 Å². The lowest BCUT2D eigenvalue weighted by Crippen LogP contribution is -2.74. The second kappa shape index (κ2) is 11.6. The zero-order valence-electron chi connectivity index (χ0n) is 33.1. The maximum atomic E-state index is 2.68. The summed E-state index contributed by atoms with van der Waals surface area (Å²) in [5, 5.41) is 0. The summed E-state index contributed by atoms with van der Waals surface area (Å²) in [5.74, 6) is 0. The second-order valence-electron chi connectivity index (χ2n) is 17.1. The average Bonchev–Trinajstić information content (AvgIpc) is 3.34. The van der Waals surface area contributed by atoms with Gasteiger partial charge in [-0.2, -0.15) is 0 Å². The molecular weight excluding hydrogens is 737 g/mol. The third-order valence-corrected chi connectivity index (χ3v) is 14.3. The maximum absolute atomic E-state index is 2.68. The van der Waals surface area contributed by atoms with Gasteiger partial charge in [0.1, 0.15) is 0 Å². The Morgan fingerprint density at radius 2 is 0.672 bits per heavy atom. The Hall–Kier alpha value is -7.63. The third kappa shape index (κ3) is 3.91. The zero-order chi connectivity index (χ0) is 39.5. The quantitative estimate of drug-likeness (QED) is 0.168. The molecule has 278 valence electrons. The summed E-state index contributed by atoms with van der Waals surface area (Å²) >= 11 is 0. The van der Waals surface area contributed by atoms with Crippen LogP contribution in [0, 0.1) is 0 Å². The van der Waals surface area contributed by atoms with E-state index in [0.29, 0.717) is 0 Å². The molecule has 0 spiro atoms. The number of hydrogen-bond donors (Lipinski definition) is 0. The normalized spacial score (nSPS) is 14.7. The van der Waals surface area contributed by atoms with Crippen LogP contribution in [0.2, 0.25) is 0 Å². The summed E-state index contributed by atoms with van der Waals surface area (Å²) in [7, 11) is 0. The molecule has 9 aromatic carbocycles. The van der Waals surface area contributed by atoms with E-state index in [9.17, 15) is 0 Å². The number of fused-ring (bicyclic) bond motifs is 12. The van der Waals surface area contributed by atoms with Crippen molar-refractivity contribution in [2.45, 2.75) is 0 Å². The molecule has 0 N–H and O–H groups in total. The minimum Gasteiger partial charge on any atom is -0.376 e. The van der Waals surface area contributed by atoms with Gasteiger partial charge in [-0.3, -0.25) is 0 Å². The number of para-hydroxylation sites is 6. The molecule has 0 aliphatic carbocycles. The van der Waals surface area contributed by atoms with Gasteiger partial charge < -0.3 is 19.4 Å². The van der Waals surface area contributed by atoms with Crippen LogP contribution < -0.4 is 57.7 Å². The summed E-state index contributed by atoms with van der Waals surface area (Å²) in [4.78, 5) is 10.7. The first kappa shape index (κ1) is 32.3. The molecule has 61 heavy (non-hydrogen) atoms. The fourth-order valence-electron chi connectivity index (χ4n) is 12.2. The SMILES string of the molecule is c1ccc(-c2cc3c4c(c2)N(c2ccccc2)B2c5ccccc5N5c6ccccc6B6c7ccccc7N7c8ccccc8B(c8c-4c2c5c6c87)N3c2ccccc2)cc1. The van der Waals surface area contributed by atoms with E-state index in [1.54, 1.807) is 0 Å². The number of benzene rings is 9. The largest absolute Gasteiger partial charge is 0.376 e. The molecule has 0 saturated heterocycles. The Labute approximate surface area is 355 Å². The van der Waals surface area contributed by atoms with Crippen LogP contribution in [-0.4, -0.2) is 20.4 Å². The zero-order valence-corrected chi connectivity index (χ0v) is 33.1. The van der Waals surface area contributed by atoms with Gasteiger partial charge in [0, 0.05) is 62.4 Å². The molecule has 6 heterocycles. The first-order valence-corrected chi connectivity index (χ1v) is 21.5. The highest BCUT2D eigenvalue weighted by molar-refractivity contribution is 7.05. The van der Waals surface area contributed by atoms with Crippen LogP contribution in [0.25, 0.3) is 22.3 Å². The van der Waals surface area contributed by atoms with Crippen LogP contribution in [0.3, 0.4) is 0 Å². The van der Waals surface area contributed by atoms with Gasteiger partial charge in [-0.1, -0.05) is 140 Å². The highest BCUT2D eigenvalue weighted by atomic mass is 15.2. The minimum atomic E-state index is -0.0783. The molecule has 15 rings (SSSR count). The Morgan fingerprint density at radius 1 is 0.295 bits per heavy atom. The number of nitrogens with zero attached hydrogens (tertiary/aromatic N) is 4. The summed E-state index contributed by atoms with van der Waals surface area (Å²) in [5.41, 5.74) is 27.3. The topological polar surface area (TPSA) is 13.0 Å². The van der Waals surface area contributed by atoms with Crippen molar-refractivity contribution in [1.82, 2.24) is 0 Å². The van der Waals surface area contributed by atoms with Crippen molar-refractivity contribution in [3.05, 3.63) is 200 Å². The summed E-state index contributed by atoms with van der Waals surface area (Å²) in [6, 6.07) is 75.2. The first-order valence-electron chi connectivity index (χ1n) is 21.5. The predicted molar refractivity (Wildman–Crippen MR) is 259 cm³/mol. The van der Waals surface area contributed by atoms with Crippen LogP contribution in [0.5, 0.6) is 0 Å². The molecule has 9 aromatic rings. The van der Waals surface area contributed by atoms with Crippen LogP contribution in [0.1, 0.15) is 0 Å². The van der Waals surface area contributed by atoms with E-state index in [0.717, 1.165) is 0 Å². The van der Waals surface area contributed by atoms with Crippen molar-refractivity contribution < 1.29 is 0 Å². The van der Waals surface area contributed by atoms with Gasteiger partial charge in [-0.05, 0) is 116 Å². The lowest BCUT2D eigenvalue weighted by molar-refractivity contribution is 1.23. The first-order chi connectivity index (χ1) is 30.3. The molecule has 0 amide bonds. The van der Waals surface area contributed by atoms with Crippen molar-refractivity contribution in [3.8, 4) is 22.3 Å². The summed E-state index contributed by atoms with van der Waals surface area (Å²) in [6.45, 7) is -0.0994. The van der Waals surface area contributed by atoms with Gasteiger partial charge >= 0.3 is 13.7 Å². The van der Waals surface area contributed by atoms with Crippen molar-refractivity contribution in [3.63, 3.8) is 0 Å². The summed E-state index contributed by atoms with van der Waals surface area (Å²) < 4.78 is 0. The molecule has 0 unspecified atom stereocenters. The third-order valence-electron chi connectivity index (χ3n) is 14.3. The van der Waals surface area contributed by atoms with Gasteiger partial charge in [-0.25, -0.2) is 0 Å². The standard InChI is InChI=1S/C54H33B3N4/c1-4-18-34(19-5-1)35-32-46-48-47(33-35)61(37-22-8-3-9-23-37)57-41-27-13-17-31-45(41)59-43-29-15-11-25-39(43)55-38-24-10-14-28-42(38)58-44-30-16-12-26-40(44)56(60(46)36-20-6-2-7-21-36)50-49(48)51(57)54(59)52(55)53(50)58/h1-33H. The highest BCUT2D eigenvalue weighted by Crippen LogP contribution is 2.56. The Balaban J connectivity index is 1.20. The molecular formula is C54H33B3N4. The highest BCUT2D eigenvalue weighted by Gasteiger charge is 2.58. The molecule has 0 radical (unpaired) electrons. The second-order valence-corrected chi connectivity index (χ2v) is 17.1. The lowest BCUT2D eigenvalue weighted by Gasteiger charge is -2.56. The molecule has 0 saturated carbocycles. The van der Waals surface area contributed by atoms with E-state index >= 15 is 0 Å². The molecule has 0 bridgehead atoms. The fourth-order valence-corrected chi connectivity index (χ4v) is 12.2. The van der Waals surface area contributed by atoms with Gasteiger partial charge in [0.2, 0.25) is 0 Å². The van der Waals surface area contributed by atoms with Gasteiger partial charge in [0.25, 0.3) is 6.71 Å². The van der Waals surface area contributed by atoms with Crippen LogP contribution in [-0.2, 0) is 0 Å². The molecule has 0 fully saturated rings. The molecule has 7 heteroatoms. The van der Waals surface area contributed by atoms with E-state index in [2.05, 4.69) is 220 Å². The van der Waals surface area contributed by atoms with Crippen molar-refractivity contribution in [2.75, 3.05) is 19.4 Å². The Bertz CT molecular complexity index is 3180. The molecule has 6 aliphatic heterocycles. The summed E-state index contributed by atoms with van der Waals surface area (Å²) in [6.07, 6.45) is 0. The van der Waals surface area contributed by atoms with E-state index in [-0.39, 0.29) is 20.4 Å². The monoisotopic (exact) mass is 770 g/mol. The predicted octanol–water partition coefficient (Wildman–Crippen LogP) is 8.24. The Morgan fingerprint density at radius 3 is 1.13 bits per heavy atom. The van der Waals surface area contributed by atoms with Crippen molar-refractivity contribution in [2.24, 2.45) is 0 Å². The van der Waals surface area contributed by atoms with E-state index < -0.39 is 0 Å². The van der Waals surface area contributed by atoms with Crippen LogP contribution >= 0.6 is 0 Å². The van der Waals surface area contributed by atoms with Crippen LogP contribution in [0.4, 0.5) is 56.9 Å². The maximum Gasteiger partial charge on any atom is 0.333 e. The molecule has 0 aromatic heterocycles. The molecule has 0 atom stereocenters. The van der Waals surface area contributed by atoms with Gasteiger partial charge in [-0.15, -0.1) is 0 Å². The van der Waals surface area contributed by atoms with E-state index in [1.807, 2.05) is 0 Å². The average molecular weight is 770 g/mol. The lowest BCUT2D eigenvalue weighted by atomic mass is 9.28.